The van der Waals surface area contributed by atoms with E-state index in [2.05, 4.69) is 41.8 Å². The van der Waals surface area contributed by atoms with Gasteiger partial charge in [0.2, 0.25) is 0 Å². The maximum absolute atomic E-state index is 3.41. The fraction of sp³-hybridized carbons (Fsp3) is 0.333. The normalized spacial score (nSPS) is 19.9. The van der Waals surface area contributed by atoms with Crippen LogP contribution in [0.4, 0.5) is 0 Å². The Balaban J connectivity index is 2.01. The van der Waals surface area contributed by atoms with Crippen molar-refractivity contribution in [2.24, 2.45) is 0 Å². The Kier molecular flexibility index (Phi) is 2.53. The van der Waals surface area contributed by atoms with Crippen LogP contribution in [-0.2, 0) is 0 Å². The highest BCUT2D eigenvalue weighted by atomic mass is 14.8. The standard InChI is InChI=1S/C15H17N/c1-2-6-12(7-3-1)15-11-16-10-13-8-4-5-9-14(13)15/h1-3,6-7,11,16H,4-5,8-10H2. The van der Waals surface area contributed by atoms with Crippen LogP contribution in [0.25, 0.3) is 5.57 Å². The van der Waals surface area contributed by atoms with Gasteiger partial charge in [-0.15, -0.1) is 0 Å². The second kappa shape index (κ2) is 4.17. The summed E-state index contributed by atoms with van der Waals surface area (Å²) in [7, 11) is 0. The predicted molar refractivity (Wildman–Crippen MR) is 67.9 cm³/mol. The zero-order valence-corrected chi connectivity index (χ0v) is 9.50. The molecule has 3 rings (SSSR count). The topological polar surface area (TPSA) is 12.0 Å². The van der Waals surface area contributed by atoms with Gasteiger partial charge in [-0.1, -0.05) is 30.3 Å². The zero-order valence-electron chi connectivity index (χ0n) is 9.50. The van der Waals surface area contributed by atoms with E-state index in [1.807, 2.05) is 0 Å². The predicted octanol–water partition coefficient (Wildman–Crippen LogP) is 3.50. The molecule has 0 fully saturated rings. The Morgan fingerprint density at radius 3 is 2.62 bits per heavy atom. The second-order valence-electron chi connectivity index (χ2n) is 4.59. The van der Waals surface area contributed by atoms with Crippen molar-refractivity contribution in [2.45, 2.75) is 25.7 Å². The molecule has 0 saturated heterocycles. The lowest BCUT2D eigenvalue weighted by molar-refractivity contribution is 0.656. The second-order valence-corrected chi connectivity index (χ2v) is 4.59. The van der Waals surface area contributed by atoms with Crippen LogP contribution in [0.1, 0.15) is 31.2 Å². The van der Waals surface area contributed by atoms with E-state index >= 15 is 0 Å². The molecule has 0 saturated carbocycles. The molecule has 1 heterocycles. The number of hydrogen-bond acceptors (Lipinski definition) is 1. The molecule has 0 amide bonds. The van der Waals surface area contributed by atoms with Crippen molar-refractivity contribution in [3.63, 3.8) is 0 Å². The van der Waals surface area contributed by atoms with Crippen molar-refractivity contribution in [2.75, 3.05) is 6.54 Å². The fourth-order valence-electron chi connectivity index (χ4n) is 2.73. The molecule has 82 valence electrons. The smallest absolute Gasteiger partial charge is 0.0360 e. The zero-order chi connectivity index (χ0) is 10.8. The molecule has 1 aromatic rings. The Bertz CT molecular complexity index is 440. The Hall–Kier alpha value is -1.50. The number of hydrogen-bond donors (Lipinski definition) is 1. The summed E-state index contributed by atoms with van der Waals surface area (Å²) in [5.41, 5.74) is 6.01. The molecule has 0 spiro atoms. The molecule has 16 heavy (non-hydrogen) atoms. The Morgan fingerprint density at radius 1 is 0.938 bits per heavy atom. The number of rotatable bonds is 1. The molecule has 1 N–H and O–H groups in total. The summed E-state index contributed by atoms with van der Waals surface area (Å²) in [6, 6.07) is 10.7. The first-order valence-electron chi connectivity index (χ1n) is 6.15. The van der Waals surface area contributed by atoms with Crippen molar-refractivity contribution >= 4 is 5.57 Å². The van der Waals surface area contributed by atoms with E-state index in [1.165, 1.54) is 36.8 Å². The lowest BCUT2D eigenvalue weighted by Gasteiger charge is -2.27. The number of allylic oxidation sites excluding steroid dienone is 2. The third-order valence-electron chi connectivity index (χ3n) is 3.55. The van der Waals surface area contributed by atoms with Crippen LogP contribution in [0.5, 0.6) is 0 Å². The van der Waals surface area contributed by atoms with E-state index in [0.717, 1.165) is 6.54 Å². The lowest BCUT2D eigenvalue weighted by atomic mass is 9.83. The summed E-state index contributed by atoms with van der Waals surface area (Å²) in [5.74, 6) is 0. The summed E-state index contributed by atoms with van der Waals surface area (Å²) in [6.07, 6.45) is 7.45. The van der Waals surface area contributed by atoms with Gasteiger partial charge >= 0.3 is 0 Å². The molecule has 0 unspecified atom stereocenters. The van der Waals surface area contributed by atoms with E-state index in [1.54, 1.807) is 11.1 Å². The highest BCUT2D eigenvalue weighted by molar-refractivity contribution is 5.80. The van der Waals surface area contributed by atoms with Gasteiger partial charge < -0.3 is 5.32 Å². The van der Waals surface area contributed by atoms with Crippen LogP contribution in [0.15, 0.2) is 47.7 Å². The third-order valence-corrected chi connectivity index (χ3v) is 3.55. The molecule has 1 heteroatoms. The molecule has 0 radical (unpaired) electrons. The van der Waals surface area contributed by atoms with Crippen LogP contribution in [0, 0.1) is 0 Å². The highest BCUT2D eigenvalue weighted by Crippen LogP contribution is 2.36. The molecule has 1 nitrogen and oxygen atoms in total. The van der Waals surface area contributed by atoms with Crippen molar-refractivity contribution in [3.8, 4) is 0 Å². The minimum absolute atomic E-state index is 1.06. The van der Waals surface area contributed by atoms with Crippen LogP contribution in [-0.4, -0.2) is 6.54 Å². The molecular formula is C15H17N. The molecule has 1 aliphatic carbocycles. The van der Waals surface area contributed by atoms with Gasteiger partial charge in [-0.05, 0) is 42.4 Å². The number of nitrogens with one attached hydrogen (secondary N) is 1. The summed E-state index contributed by atoms with van der Waals surface area (Å²) >= 11 is 0. The van der Waals surface area contributed by atoms with Gasteiger partial charge in [-0.25, -0.2) is 0 Å². The van der Waals surface area contributed by atoms with Crippen LogP contribution in [0.2, 0.25) is 0 Å². The van der Waals surface area contributed by atoms with Crippen molar-refractivity contribution < 1.29 is 0 Å². The van der Waals surface area contributed by atoms with Crippen molar-refractivity contribution in [1.29, 1.82) is 0 Å². The van der Waals surface area contributed by atoms with E-state index < -0.39 is 0 Å². The summed E-state index contributed by atoms with van der Waals surface area (Å²) < 4.78 is 0. The fourth-order valence-corrected chi connectivity index (χ4v) is 2.73. The van der Waals surface area contributed by atoms with Gasteiger partial charge in [0.15, 0.2) is 0 Å². The summed E-state index contributed by atoms with van der Waals surface area (Å²) in [6.45, 7) is 1.06. The molecule has 0 bridgehead atoms. The largest absolute Gasteiger partial charge is 0.387 e. The van der Waals surface area contributed by atoms with Crippen LogP contribution < -0.4 is 5.32 Å². The lowest BCUT2D eigenvalue weighted by Crippen LogP contribution is -2.20. The van der Waals surface area contributed by atoms with Crippen LogP contribution >= 0.6 is 0 Å². The maximum atomic E-state index is 3.41. The van der Waals surface area contributed by atoms with Gasteiger partial charge in [0.25, 0.3) is 0 Å². The Morgan fingerprint density at radius 2 is 1.75 bits per heavy atom. The quantitative estimate of drug-likeness (QED) is 0.749. The molecule has 0 atom stereocenters. The van der Waals surface area contributed by atoms with Crippen molar-refractivity contribution in [1.82, 2.24) is 5.32 Å². The van der Waals surface area contributed by atoms with E-state index in [9.17, 15) is 0 Å². The number of benzene rings is 1. The van der Waals surface area contributed by atoms with Gasteiger partial charge in [-0.2, -0.15) is 0 Å². The van der Waals surface area contributed by atoms with E-state index in [-0.39, 0.29) is 0 Å². The minimum Gasteiger partial charge on any atom is -0.387 e. The van der Waals surface area contributed by atoms with Crippen molar-refractivity contribution in [3.05, 3.63) is 53.2 Å². The summed E-state index contributed by atoms with van der Waals surface area (Å²) in [4.78, 5) is 0. The molecule has 0 aromatic heterocycles. The third kappa shape index (κ3) is 1.67. The van der Waals surface area contributed by atoms with E-state index in [4.69, 9.17) is 0 Å². The average Bonchev–Trinajstić information content (AvgIpc) is 2.39. The maximum Gasteiger partial charge on any atom is 0.0360 e. The van der Waals surface area contributed by atoms with Gasteiger partial charge in [0, 0.05) is 18.3 Å². The molecule has 2 aliphatic rings. The first kappa shape index (κ1) is 9.71. The number of dihydropyridines is 1. The Labute approximate surface area is 96.9 Å². The molecule has 1 aliphatic heterocycles. The first-order chi connectivity index (χ1) is 7.95. The average molecular weight is 211 g/mol. The van der Waals surface area contributed by atoms with Gasteiger partial charge in [0.05, 0.1) is 0 Å². The molecular weight excluding hydrogens is 194 g/mol. The minimum atomic E-state index is 1.06. The first-order valence-corrected chi connectivity index (χ1v) is 6.15. The SMILES string of the molecule is C1=C(c2ccccc2)C2=C(CCCC2)CN1. The molecule has 1 aromatic carbocycles. The van der Waals surface area contributed by atoms with Gasteiger partial charge in [-0.3, -0.25) is 0 Å². The summed E-state index contributed by atoms with van der Waals surface area (Å²) in [5, 5.41) is 3.41. The monoisotopic (exact) mass is 211 g/mol. The van der Waals surface area contributed by atoms with Gasteiger partial charge in [0.1, 0.15) is 0 Å². The van der Waals surface area contributed by atoms with Crippen LogP contribution in [0.3, 0.4) is 0 Å². The highest BCUT2D eigenvalue weighted by Gasteiger charge is 2.19. The van der Waals surface area contributed by atoms with E-state index in [0.29, 0.717) is 0 Å².